The Balaban J connectivity index is 2.28. The topological polar surface area (TPSA) is 55.5 Å². The van der Waals surface area contributed by atoms with Gasteiger partial charge in [0.2, 0.25) is 0 Å². The highest BCUT2D eigenvalue weighted by Crippen LogP contribution is 2.32. The monoisotopic (exact) mass is 305 g/mol. The van der Waals surface area contributed by atoms with Gasteiger partial charge in [0.25, 0.3) is 0 Å². The number of hydrogen-bond donors (Lipinski definition) is 2. The maximum atomic E-state index is 10.6. The average molecular weight is 306 g/mol. The molecule has 0 aliphatic carbocycles. The summed E-state index contributed by atoms with van der Waals surface area (Å²) in [5.41, 5.74) is 8.59. The van der Waals surface area contributed by atoms with Crippen LogP contribution in [0.4, 0.5) is 0 Å². The van der Waals surface area contributed by atoms with Crippen molar-refractivity contribution in [3.8, 4) is 5.75 Å². The van der Waals surface area contributed by atoms with E-state index < -0.39 is 6.10 Å². The van der Waals surface area contributed by atoms with E-state index in [1.165, 1.54) is 0 Å². The van der Waals surface area contributed by atoms with Crippen LogP contribution in [-0.2, 0) is 0 Å². The van der Waals surface area contributed by atoms with Gasteiger partial charge in [-0.05, 0) is 41.8 Å². The molecule has 0 saturated heterocycles. The summed E-state index contributed by atoms with van der Waals surface area (Å²) in [5.74, 6) is 0.595. The second-order valence-electron chi connectivity index (χ2n) is 5.07. The van der Waals surface area contributed by atoms with Crippen molar-refractivity contribution >= 4 is 11.6 Å². The Kier molecular flexibility index (Phi) is 5.23. The standard InChI is InChI=1S/C17H20ClNO2/c1-11-3-4-13(9-16(11)18)17(20)15(10-19)12-5-7-14(21-2)8-6-12/h3-9,15,17,20H,10,19H2,1-2H3. The molecule has 2 aromatic carbocycles. The molecule has 112 valence electrons. The van der Waals surface area contributed by atoms with Crippen LogP contribution < -0.4 is 10.5 Å². The van der Waals surface area contributed by atoms with Crippen LogP contribution in [0, 0.1) is 6.92 Å². The van der Waals surface area contributed by atoms with Crippen LogP contribution in [0.3, 0.4) is 0 Å². The fourth-order valence-corrected chi connectivity index (χ4v) is 2.51. The Morgan fingerprint density at radius 1 is 1.14 bits per heavy atom. The van der Waals surface area contributed by atoms with Gasteiger partial charge in [0.1, 0.15) is 5.75 Å². The molecule has 0 radical (unpaired) electrons. The molecule has 2 rings (SSSR count). The molecule has 2 aromatic rings. The van der Waals surface area contributed by atoms with Crippen LogP contribution in [0.2, 0.25) is 5.02 Å². The molecule has 0 saturated carbocycles. The third-order valence-corrected chi connectivity index (χ3v) is 4.12. The first kappa shape index (κ1) is 15.8. The molecule has 0 aromatic heterocycles. The molecule has 0 heterocycles. The van der Waals surface area contributed by atoms with Crippen LogP contribution in [0.1, 0.15) is 28.7 Å². The van der Waals surface area contributed by atoms with Gasteiger partial charge in [-0.1, -0.05) is 35.9 Å². The predicted molar refractivity (Wildman–Crippen MR) is 85.9 cm³/mol. The number of halogens is 1. The quantitative estimate of drug-likeness (QED) is 0.890. The van der Waals surface area contributed by atoms with Crippen molar-refractivity contribution in [1.29, 1.82) is 0 Å². The van der Waals surface area contributed by atoms with E-state index >= 15 is 0 Å². The summed E-state index contributed by atoms with van der Waals surface area (Å²) in [6.45, 7) is 2.28. The highest BCUT2D eigenvalue weighted by Gasteiger charge is 2.22. The molecule has 0 aliphatic heterocycles. The SMILES string of the molecule is COc1ccc(C(CN)C(O)c2ccc(C)c(Cl)c2)cc1. The van der Waals surface area contributed by atoms with Gasteiger partial charge in [-0.3, -0.25) is 0 Å². The summed E-state index contributed by atoms with van der Waals surface area (Å²) in [6, 6.07) is 13.2. The minimum Gasteiger partial charge on any atom is -0.497 e. The first-order valence-corrected chi connectivity index (χ1v) is 7.22. The molecular formula is C17H20ClNO2. The van der Waals surface area contributed by atoms with Gasteiger partial charge < -0.3 is 15.6 Å². The molecule has 0 aliphatic rings. The van der Waals surface area contributed by atoms with Crippen LogP contribution in [0.25, 0.3) is 0 Å². The van der Waals surface area contributed by atoms with E-state index in [4.69, 9.17) is 22.1 Å². The van der Waals surface area contributed by atoms with Crippen LogP contribution in [0.15, 0.2) is 42.5 Å². The summed E-state index contributed by atoms with van der Waals surface area (Å²) in [7, 11) is 1.62. The molecule has 0 fully saturated rings. The normalized spacial score (nSPS) is 13.8. The number of ether oxygens (including phenoxy) is 1. The van der Waals surface area contributed by atoms with E-state index in [9.17, 15) is 5.11 Å². The van der Waals surface area contributed by atoms with Gasteiger partial charge in [-0.15, -0.1) is 0 Å². The van der Waals surface area contributed by atoms with Crippen molar-refractivity contribution in [3.05, 3.63) is 64.2 Å². The molecule has 4 heteroatoms. The molecular weight excluding hydrogens is 286 g/mol. The zero-order valence-electron chi connectivity index (χ0n) is 12.2. The Labute approximate surface area is 130 Å². The summed E-state index contributed by atoms with van der Waals surface area (Å²) < 4.78 is 5.15. The molecule has 3 nitrogen and oxygen atoms in total. The number of nitrogens with two attached hydrogens (primary N) is 1. The number of rotatable bonds is 5. The molecule has 21 heavy (non-hydrogen) atoms. The number of hydrogen-bond acceptors (Lipinski definition) is 3. The van der Waals surface area contributed by atoms with Crippen molar-refractivity contribution < 1.29 is 9.84 Å². The summed E-state index contributed by atoms with van der Waals surface area (Å²) in [4.78, 5) is 0. The zero-order valence-corrected chi connectivity index (χ0v) is 13.0. The predicted octanol–water partition coefficient (Wildman–Crippen LogP) is 3.43. The van der Waals surface area contributed by atoms with Crippen molar-refractivity contribution in [2.75, 3.05) is 13.7 Å². The second kappa shape index (κ2) is 6.94. The Hall–Kier alpha value is -1.55. The summed E-state index contributed by atoms with van der Waals surface area (Å²) in [5, 5.41) is 11.3. The van der Waals surface area contributed by atoms with Gasteiger partial charge in [0.05, 0.1) is 13.2 Å². The van der Waals surface area contributed by atoms with Crippen LogP contribution in [0.5, 0.6) is 5.75 Å². The largest absolute Gasteiger partial charge is 0.497 e. The van der Waals surface area contributed by atoms with Gasteiger partial charge in [-0.2, -0.15) is 0 Å². The smallest absolute Gasteiger partial charge is 0.118 e. The number of methoxy groups -OCH3 is 1. The van der Waals surface area contributed by atoms with E-state index in [1.54, 1.807) is 13.2 Å². The Morgan fingerprint density at radius 3 is 2.29 bits per heavy atom. The fourth-order valence-electron chi connectivity index (χ4n) is 2.32. The lowest BCUT2D eigenvalue weighted by Gasteiger charge is -2.23. The first-order valence-electron chi connectivity index (χ1n) is 6.85. The second-order valence-corrected chi connectivity index (χ2v) is 5.48. The van der Waals surface area contributed by atoms with E-state index in [-0.39, 0.29) is 5.92 Å². The van der Waals surface area contributed by atoms with Gasteiger partial charge in [-0.25, -0.2) is 0 Å². The molecule has 3 N–H and O–H groups in total. The molecule has 0 spiro atoms. The minimum atomic E-state index is -0.693. The lowest BCUT2D eigenvalue weighted by molar-refractivity contribution is 0.147. The van der Waals surface area contributed by atoms with Gasteiger partial charge >= 0.3 is 0 Å². The first-order chi connectivity index (χ1) is 10.1. The Bertz CT molecular complexity index is 598. The van der Waals surface area contributed by atoms with Crippen molar-refractivity contribution in [1.82, 2.24) is 0 Å². The highest BCUT2D eigenvalue weighted by atomic mass is 35.5. The number of benzene rings is 2. The van der Waals surface area contributed by atoms with E-state index in [1.807, 2.05) is 43.3 Å². The molecule has 2 atom stereocenters. The number of aryl methyl sites for hydroxylation is 1. The number of aliphatic hydroxyl groups excluding tert-OH is 1. The molecule has 0 amide bonds. The highest BCUT2D eigenvalue weighted by molar-refractivity contribution is 6.31. The molecule has 0 bridgehead atoms. The van der Waals surface area contributed by atoms with Crippen molar-refractivity contribution in [2.45, 2.75) is 18.9 Å². The lowest BCUT2D eigenvalue weighted by Crippen LogP contribution is -2.20. The fraction of sp³-hybridized carbons (Fsp3) is 0.294. The number of aliphatic hydroxyl groups is 1. The van der Waals surface area contributed by atoms with Gasteiger partial charge in [0, 0.05) is 17.5 Å². The van der Waals surface area contributed by atoms with E-state index in [0.29, 0.717) is 11.6 Å². The summed E-state index contributed by atoms with van der Waals surface area (Å²) >= 11 is 6.13. The van der Waals surface area contributed by atoms with E-state index in [0.717, 1.165) is 22.4 Å². The maximum absolute atomic E-state index is 10.6. The van der Waals surface area contributed by atoms with Crippen molar-refractivity contribution in [2.24, 2.45) is 5.73 Å². The third-order valence-electron chi connectivity index (χ3n) is 3.72. The van der Waals surface area contributed by atoms with E-state index in [2.05, 4.69) is 0 Å². The van der Waals surface area contributed by atoms with Gasteiger partial charge in [0.15, 0.2) is 0 Å². The minimum absolute atomic E-state index is 0.185. The Morgan fingerprint density at radius 2 is 1.76 bits per heavy atom. The third kappa shape index (κ3) is 3.56. The van der Waals surface area contributed by atoms with Crippen molar-refractivity contribution in [3.63, 3.8) is 0 Å². The van der Waals surface area contributed by atoms with Crippen LogP contribution >= 0.6 is 11.6 Å². The zero-order chi connectivity index (χ0) is 15.4. The average Bonchev–Trinajstić information content (AvgIpc) is 2.51. The lowest BCUT2D eigenvalue weighted by atomic mass is 9.89. The maximum Gasteiger partial charge on any atom is 0.118 e. The molecule has 2 unspecified atom stereocenters. The van der Waals surface area contributed by atoms with Crippen LogP contribution in [-0.4, -0.2) is 18.8 Å². The summed E-state index contributed by atoms with van der Waals surface area (Å²) in [6.07, 6.45) is -0.693.